The standard InChI is InChI=1S/C15H16FN/c1-5-8-15(16,11(2)3)14-9-12(4)6-7-13(14)10-17/h5-9H,2H2,1,3-4H3/b8-5+. The lowest BCUT2D eigenvalue weighted by molar-refractivity contribution is 0.286. The molecule has 0 saturated carbocycles. The highest BCUT2D eigenvalue weighted by molar-refractivity contribution is 5.49. The lowest BCUT2D eigenvalue weighted by Gasteiger charge is -2.24. The number of benzene rings is 1. The maximum Gasteiger partial charge on any atom is 0.176 e. The summed E-state index contributed by atoms with van der Waals surface area (Å²) in [6.07, 6.45) is 3.07. The topological polar surface area (TPSA) is 23.8 Å². The van der Waals surface area contributed by atoms with Crippen molar-refractivity contribution in [1.29, 1.82) is 5.26 Å². The van der Waals surface area contributed by atoms with Gasteiger partial charge in [0.1, 0.15) is 0 Å². The van der Waals surface area contributed by atoms with E-state index in [0.717, 1.165) is 5.56 Å². The molecule has 1 rings (SSSR count). The van der Waals surface area contributed by atoms with Gasteiger partial charge >= 0.3 is 0 Å². The molecule has 1 aromatic rings. The van der Waals surface area contributed by atoms with Crippen molar-refractivity contribution in [3.63, 3.8) is 0 Å². The number of aryl methyl sites for hydroxylation is 1. The number of nitrogens with zero attached hydrogens (tertiary/aromatic N) is 1. The largest absolute Gasteiger partial charge is 0.229 e. The van der Waals surface area contributed by atoms with E-state index < -0.39 is 5.67 Å². The van der Waals surface area contributed by atoms with Gasteiger partial charge in [0.2, 0.25) is 0 Å². The summed E-state index contributed by atoms with van der Waals surface area (Å²) in [4.78, 5) is 0. The number of rotatable bonds is 3. The number of allylic oxidation sites excluding steroid dienone is 3. The zero-order chi connectivity index (χ0) is 13.1. The molecule has 1 nitrogen and oxygen atoms in total. The van der Waals surface area contributed by atoms with Crippen LogP contribution in [0.3, 0.4) is 0 Å². The zero-order valence-electron chi connectivity index (χ0n) is 10.4. The minimum atomic E-state index is -1.77. The van der Waals surface area contributed by atoms with Crippen molar-refractivity contribution in [3.05, 3.63) is 59.2 Å². The normalized spacial score (nSPS) is 14.3. The molecule has 0 N–H and O–H groups in total. The Bertz CT molecular complexity index is 508. The Morgan fingerprint density at radius 2 is 2.18 bits per heavy atom. The van der Waals surface area contributed by atoms with E-state index in [2.05, 4.69) is 6.58 Å². The van der Waals surface area contributed by atoms with Crippen LogP contribution in [0, 0.1) is 18.3 Å². The minimum Gasteiger partial charge on any atom is -0.229 e. The third-order valence-corrected chi connectivity index (χ3v) is 2.70. The molecular formula is C15H16FN. The van der Waals surface area contributed by atoms with Crippen LogP contribution in [0.15, 0.2) is 42.5 Å². The number of halogens is 1. The molecule has 0 spiro atoms. The summed E-state index contributed by atoms with van der Waals surface area (Å²) in [7, 11) is 0. The highest BCUT2D eigenvalue weighted by Gasteiger charge is 2.32. The molecule has 0 saturated heterocycles. The van der Waals surface area contributed by atoms with Gasteiger partial charge in [0, 0.05) is 5.56 Å². The summed E-state index contributed by atoms with van der Waals surface area (Å²) in [5, 5.41) is 9.05. The number of alkyl halides is 1. The van der Waals surface area contributed by atoms with Gasteiger partial charge in [0.05, 0.1) is 11.6 Å². The maximum atomic E-state index is 14.9. The summed E-state index contributed by atoms with van der Waals surface area (Å²) in [6.45, 7) is 8.94. The van der Waals surface area contributed by atoms with Crippen molar-refractivity contribution in [2.24, 2.45) is 0 Å². The van der Waals surface area contributed by atoms with Crippen molar-refractivity contribution in [2.45, 2.75) is 26.4 Å². The van der Waals surface area contributed by atoms with Gasteiger partial charge in [-0.15, -0.1) is 0 Å². The van der Waals surface area contributed by atoms with Crippen molar-refractivity contribution in [3.8, 4) is 6.07 Å². The maximum absolute atomic E-state index is 14.9. The van der Waals surface area contributed by atoms with Gasteiger partial charge in [0.15, 0.2) is 5.67 Å². The summed E-state index contributed by atoms with van der Waals surface area (Å²) in [6, 6.07) is 7.17. The predicted octanol–water partition coefficient (Wildman–Crippen LogP) is 4.18. The van der Waals surface area contributed by atoms with E-state index in [-0.39, 0.29) is 0 Å². The molecule has 1 unspecified atom stereocenters. The molecule has 0 bridgehead atoms. The van der Waals surface area contributed by atoms with E-state index in [9.17, 15) is 4.39 Å². The third kappa shape index (κ3) is 2.45. The Balaban J connectivity index is 3.54. The van der Waals surface area contributed by atoms with E-state index in [0.29, 0.717) is 16.7 Å². The second-order valence-corrected chi connectivity index (χ2v) is 4.15. The first-order valence-electron chi connectivity index (χ1n) is 5.45. The number of hydrogen-bond donors (Lipinski definition) is 0. The smallest absolute Gasteiger partial charge is 0.176 e. The van der Waals surface area contributed by atoms with Crippen LogP contribution in [0.5, 0.6) is 0 Å². The van der Waals surface area contributed by atoms with Crippen molar-refractivity contribution < 1.29 is 4.39 Å². The van der Waals surface area contributed by atoms with E-state index in [1.54, 1.807) is 38.1 Å². The molecule has 1 aromatic carbocycles. The fourth-order valence-electron chi connectivity index (χ4n) is 1.75. The second kappa shape index (κ2) is 4.97. The van der Waals surface area contributed by atoms with Crippen molar-refractivity contribution in [1.82, 2.24) is 0 Å². The Morgan fingerprint density at radius 3 is 2.65 bits per heavy atom. The van der Waals surface area contributed by atoms with E-state index in [1.807, 2.05) is 13.0 Å². The molecule has 0 heterocycles. The van der Waals surface area contributed by atoms with Crippen LogP contribution in [0.4, 0.5) is 4.39 Å². The van der Waals surface area contributed by atoms with E-state index >= 15 is 0 Å². The second-order valence-electron chi connectivity index (χ2n) is 4.15. The van der Waals surface area contributed by atoms with Gasteiger partial charge in [-0.3, -0.25) is 0 Å². The van der Waals surface area contributed by atoms with Gasteiger partial charge in [0.25, 0.3) is 0 Å². The number of hydrogen-bond acceptors (Lipinski definition) is 1. The van der Waals surface area contributed by atoms with Crippen LogP contribution in [0.1, 0.15) is 30.5 Å². The quantitative estimate of drug-likeness (QED) is 0.713. The predicted molar refractivity (Wildman–Crippen MR) is 68.3 cm³/mol. The Labute approximate surface area is 102 Å². The monoisotopic (exact) mass is 229 g/mol. The highest BCUT2D eigenvalue weighted by atomic mass is 19.1. The fourth-order valence-corrected chi connectivity index (χ4v) is 1.75. The molecule has 0 radical (unpaired) electrons. The summed E-state index contributed by atoms with van der Waals surface area (Å²) in [5.41, 5.74) is 0.237. The highest BCUT2D eigenvalue weighted by Crippen LogP contribution is 2.36. The Morgan fingerprint density at radius 1 is 1.53 bits per heavy atom. The van der Waals surface area contributed by atoms with Crippen LogP contribution in [0.25, 0.3) is 0 Å². The van der Waals surface area contributed by atoms with Gasteiger partial charge < -0.3 is 0 Å². The summed E-state index contributed by atoms with van der Waals surface area (Å²) < 4.78 is 14.9. The average Bonchev–Trinajstić information content (AvgIpc) is 2.29. The Kier molecular flexibility index (Phi) is 3.85. The fraction of sp³-hybridized carbons (Fsp3) is 0.267. The first kappa shape index (κ1) is 13.2. The first-order valence-corrected chi connectivity index (χ1v) is 5.45. The molecule has 0 aromatic heterocycles. The van der Waals surface area contributed by atoms with Crippen LogP contribution >= 0.6 is 0 Å². The van der Waals surface area contributed by atoms with Crippen LogP contribution in [-0.2, 0) is 5.67 Å². The first-order chi connectivity index (χ1) is 7.95. The van der Waals surface area contributed by atoms with E-state index in [4.69, 9.17) is 5.26 Å². The summed E-state index contributed by atoms with van der Waals surface area (Å²) >= 11 is 0. The van der Waals surface area contributed by atoms with Gasteiger partial charge in [-0.25, -0.2) is 4.39 Å². The van der Waals surface area contributed by atoms with Gasteiger partial charge in [-0.1, -0.05) is 30.4 Å². The van der Waals surface area contributed by atoms with Gasteiger partial charge in [-0.2, -0.15) is 5.26 Å². The van der Waals surface area contributed by atoms with Crippen molar-refractivity contribution >= 4 is 0 Å². The number of nitriles is 1. The van der Waals surface area contributed by atoms with Crippen LogP contribution < -0.4 is 0 Å². The molecule has 0 aliphatic carbocycles. The molecule has 2 heteroatoms. The molecule has 88 valence electrons. The van der Waals surface area contributed by atoms with Gasteiger partial charge in [-0.05, 0) is 38.5 Å². The average molecular weight is 229 g/mol. The third-order valence-electron chi connectivity index (χ3n) is 2.70. The summed E-state index contributed by atoms with van der Waals surface area (Å²) in [5.74, 6) is 0. The molecule has 0 aliphatic heterocycles. The van der Waals surface area contributed by atoms with E-state index in [1.165, 1.54) is 6.08 Å². The molecule has 1 atom stereocenters. The molecule has 0 aliphatic rings. The lowest BCUT2D eigenvalue weighted by atomic mass is 9.85. The Hall–Kier alpha value is -1.88. The zero-order valence-corrected chi connectivity index (χ0v) is 10.4. The molecule has 0 fully saturated rings. The molecular weight excluding hydrogens is 213 g/mol. The minimum absolute atomic E-state index is 0.346. The SMILES string of the molecule is C=C(C)C(F)(/C=C/C)c1cc(C)ccc1C#N. The molecule has 17 heavy (non-hydrogen) atoms. The van der Waals surface area contributed by atoms with Crippen molar-refractivity contribution in [2.75, 3.05) is 0 Å². The molecule has 0 amide bonds. The van der Waals surface area contributed by atoms with Crippen LogP contribution in [0.2, 0.25) is 0 Å². The van der Waals surface area contributed by atoms with Crippen LogP contribution in [-0.4, -0.2) is 0 Å². The lowest BCUT2D eigenvalue weighted by Crippen LogP contribution is -2.20.